The van der Waals surface area contributed by atoms with E-state index in [1.165, 1.54) is 0 Å². The van der Waals surface area contributed by atoms with E-state index in [4.69, 9.17) is 5.26 Å². The van der Waals surface area contributed by atoms with Gasteiger partial charge in [-0.1, -0.05) is 44.2 Å². The number of hydrogen-bond donors (Lipinski definition) is 0. The van der Waals surface area contributed by atoms with Crippen molar-refractivity contribution in [3.63, 3.8) is 0 Å². The normalized spacial score (nSPS) is 15.0. The van der Waals surface area contributed by atoms with Crippen LogP contribution in [0.25, 0.3) is 0 Å². The van der Waals surface area contributed by atoms with Crippen LogP contribution in [-0.2, 0) is 5.41 Å². The Labute approximate surface area is 80.0 Å². The molecular formula is C12H14N. The summed E-state index contributed by atoms with van der Waals surface area (Å²) < 4.78 is 0. The quantitative estimate of drug-likeness (QED) is 0.672. The third-order valence-electron chi connectivity index (χ3n) is 2.47. The van der Waals surface area contributed by atoms with Crippen LogP contribution in [0.5, 0.6) is 0 Å². The highest BCUT2D eigenvalue weighted by Crippen LogP contribution is 2.30. The van der Waals surface area contributed by atoms with E-state index < -0.39 is 5.41 Å². The molecule has 0 heterocycles. The molecule has 0 saturated heterocycles. The summed E-state index contributed by atoms with van der Waals surface area (Å²) in [6.07, 6.45) is 0. The maximum atomic E-state index is 9.10. The van der Waals surface area contributed by atoms with E-state index in [0.717, 1.165) is 5.56 Å². The van der Waals surface area contributed by atoms with Crippen LogP contribution in [-0.4, -0.2) is 0 Å². The van der Waals surface area contributed by atoms with Crippen molar-refractivity contribution in [2.45, 2.75) is 19.3 Å². The summed E-state index contributed by atoms with van der Waals surface area (Å²) in [6.45, 7) is 8.03. The Bertz CT molecular complexity index is 308. The van der Waals surface area contributed by atoms with Gasteiger partial charge in [-0.15, -0.1) is 0 Å². The van der Waals surface area contributed by atoms with Crippen LogP contribution >= 0.6 is 0 Å². The van der Waals surface area contributed by atoms with Gasteiger partial charge in [0, 0.05) is 0 Å². The molecule has 1 atom stereocenters. The van der Waals surface area contributed by atoms with Crippen LogP contribution in [0.3, 0.4) is 0 Å². The largest absolute Gasteiger partial charge is 0.197 e. The van der Waals surface area contributed by atoms with Crippen LogP contribution in [0.15, 0.2) is 30.3 Å². The standard InChI is InChI=1S/C12H14N/c1-10(2)12(3,9-13)11-7-5-4-6-8-11/h4-8,10H,3H2,1-2H3. The van der Waals surface area contributed by atoms with Crippen molar-refractivity contribution in [2.75, 3.05) is 0 Å². The summed E-state index contributed by atoms with van der Waals surface area (Å²) in [7, 11) is 0. The Balaban J connectivity index is 3.13. The second-order valence-electron chi connectivity index (χ2n) is 3.60. The Kier molecular flexibility index (Phi) is 2.72. The average Bonchev–Trinajstić information content (AvgIpc) is 2.17. The third kappa shape index (κ3) is 1.72. The van der Waals surface area contributed by atoms with Gasteiger partial charge in [-0.3, -0.25) is 0 Å². The molecule has 0 spiro atoms. The summed E-state index contributed by atoms with van der Waals surface area (Å²) in [5.41, 5.74) is 0.383. The second-order valence-corrected chi connectivity index (χ2v) is 3.60. The maximum Gasteiger partial charge on any atom is 0.0845 e. The molecule has 0 saturated carbocycles. The van der Waals surface area contributed by atoms with Crippen molar-refractivity contribution in [3.8, 4) is 6.07 Å². The van der Waals surface area contributed by atoms with Crippen LogP contribution in [0, 0.1) is 24.2 Å². The molecule has 1 radical (unpaired) electrons. The predicted molar refractivity (Wildman–Crippen MR) is 53.9 cm³/mol. The monoisotopic (exact) mass is 172 g/mol. The van der Waals surface area contributed by atoms with Crippen molar-refractivity contribution in [1.82, 2.24) is 0 Å². The molecule has 0 aliphatic heterocycles. The molecular weight excluding hydrogens is 158 g/mol. The smallest absolute Gasteiger partial charge is 0.0845 e. The van der Waals surface area contributed by atoms with Crippen molar-refractivity contribution in [1.29, 1.82) is 5.26 Å². The van der Waals surface area contributed by atoms with E-state index in [9.17, 15) is 0 Å². The fourth-order valence-corrected chi connectivity index (χ4v) is 1.26. The SMILES string of the molecule is [CH2]C(C#N)(c1ccccc1)C(C)C. The highest BCUT2D eigenvalue weighted by Gasteiger charge is 2.29. The number of hydrogen-bond acceptors (Lipinski definition) is 1. The first-order valence-corrected chi connectivity index (χ1v) is 4.43. The Morgan fingerprint density at radius 3 is 2.23 bits per heavy atom. The van der Waals surface area contributed by atoms with Crippen molar-refractivity contribution in [2.24, 2.45) is 5.92 Å². The first kappa shape index (κ1) is 9.80. The minimum atomic E-state index is -0.610. The lowest BCUT2D eigenvalue weighted by molar-refractivity contribution is 0.475. The summed E-state index contributed by atoms with van der Waals surface area (Å²) in [4.78, 5) is 0. The average molecular weight is 172 g/mol. The van der Waals surface area contributed by atoms with Gasteiger partial charge < -0.3 is 0 Å². The lowest BCUT2D eigenvalue weighted by atomic mass is 9.75. The van der Waals surface area contributed by atoms with Gasteiger partial charge >= 0.3 is 0 Å². The Morgan fingerprint density at radius 1 is 1.31 bits per heavy atom. The van der Waals surface area contributed by atoms with Gasteiger partial charge in [0.15, 0.2) is 0 Å². The van der Waals surface area contributed by atoms with E-state index in [2.05, 4.69) is 13.0 Å². The number of nitriles is 1. The van der Waals surface area contributed by atoms with Crippen LogP contribution < -0.4 is 0 Å². The molecule has 1 rings (SSSR count). The summed E-state index contributed by atoms with van der Waals surface area (Å²) in [5, 5.41) is 9.10. The molecule has 1 heteroatoms. The van der Waals surface area contributed by atoms with Crippen LogP contribution in [0.2, 0.25) is 0 Å². The van der Waals surface area contributed by atoms with E-state index in [-0.39, 0.29) is 5.92 Å². The number of benzene rings is 1. The molecule has 0 fully saturated rings. The van der Waals surface area contributed by atoms with Crippen LogP contribution in [0.1, 0.15) is 19.4 Å². The highest BCUT2D eigenvalue weighted by molar-refractivity contribution is 5.34. The van der Waals surface area contributed by atoms with Gasteiger partial charge in [-0.25, -0.2) is 0 Å². The zero-order valence-electron chi connectivity index (χ0n) is 8.12. The molecule has 67 valence electrons. The van der Waals surface area contributed by atoms with Gasteiger partial charge in [0.1, 0.15) is 0 Å². The number of rotatable bonds is 2. The van der Waals surface area contributed by atoms with Crippen molar-refractivity contribution < 1.29 is 0 Å². The second kappa shape index (κ2) is 3.62. The van der Waals surface area contributed by atoms with Crippen molar-refractivity contribution in [3.05, 3.63) is 42.8 Å². The lowest BCUT2D eigenvalue weighted by Gasteiger charge is -2.26. The summed E-state index contributed by atoms with van der Waals surface area (Å²) in [6, 6.07) is 12.0. The highest BCUT2D eigenvalue weighted by atomic mass is 14.4. The molecule has 1 unspecified atom stereocenters. The third-order valence-corrected chi connectivity index (χ3v) is 2.47. The lowest BCUT2D eigenvalue weighted by Crippen LogP contribution is -2.26. The molecule has 0 aliphatic rings. The molecule has 0 N–H and O–H groups in total. The van der Waals surface area contributed by atoms with E-state index in [1.807, 2.05) is 44.2 Å². The first-order valence-electron chi connectivity index (χ1n) is 4.43. The number of nitrogens with zero attached hydrogens (tertiary/aromatic N) is 1. The fourth-order valence-electron chi connectivity index (χ4n) is 1.26. The Hall–Kier alpha value is -1.29. The van der Waals surface area contributed by atoms with Gasteiger partial charge in [-0.05, 0) is 18.4 Å². The van der Waals surface area contributed by atoms with E-state index in [1.54, 1.807) is 0 Å². The molecule has 1 aromatic rings. The minimum Gasteiger partial charge on any atom is -0.197 e. The predicted octanol–water partition coefficient (Wildman–Crippen LogP) is 2.94. The van der Waals surface area contributed by atoms with E-state index in [0.29, 0.717) is 0 Å². The fraction of sp³-hybridized carbons (Fsp3) is 0.333. The van der Waals surface area contributed by atoms with Gasteiger partial charge in [0.05, 0.1) is 11.5 Å². The molecule has 0 bridgehead atoms. The zero-order valence-corrected chi connectivity index (χ0v) is 8.12. The molecule has 0 aromatic heterocycles. The summed E-state index contributed by atoms with van der Waals surface area (Å²) >= 11 is 0. The van der Waals surface area contributed by atoms with E-state index >= 15 is 0 Å². The molecule has 13 heavy (non-hydrogen) atoms. The minimum absolute atomic E-state index is 0.222. The molecule has 1 aromatic carbocycles. The topological polar surface area (TPSA) is 23.8 Å². The maximum absolute atomic E-state index is 9.10. The molecule has 0 aliphatic carbocycles. The summed E-state index contributed by atoms with van der Waals surface area (Å²) in [5.74, 6) is 0.222. The molecule has 0 amide bonds. The van der Waals surface area contributed by atoms with Crippen LogP contribution in [0.4, 0.5) is 0 Å². The Morgan fingerprint density at radius 2 is 1.85 bits per heavy atom. The first-order chi connectivity index (χ1) is 6.11. The van der Waals surface area contributed by atoms with Gasteiger partial charge in [-0.2, -0.15) is 5.26 Å². The van der Waals surface area contributed by atoms with Gasteiger partial charge in [0.2, 0.25) is 0 Å². The zero-order chi connectivity index (χ0) is 9.90. The van der Waals surface area contributed by atoms with Crippen molar-refractivity contribution >= 4 is 0 Å². The van der Waals surface area contributed by atoms with Gasteiger partial charge in [0.25, 0.3) is 0 Å². The molecule has 1 nitrogen and oxygen atoms in total.